The Morgan fingerprint density at radius 2 is 1.69 bits per heavy atom. The topological polar surface area (TPSA) is 67.9 Å². The molecule has 1 saturated heterocycles. The molecule has 29 heavy (non-hydrogen) atoms. The number of amides is 2. The first-order valence-corrected chi connectivity index (χ1v) is 9.86. The van der Waals surface area contributed by atoms with Gasteiger partial charge in [-0.25, -0.2) is 0 Å². The number of benzene rings is 2. The summed E-state index contributed by atoms with van der Waals surface area (Å²) >= 11 is 8.68. The molecule has 2 amide bonds. The molecule has 1 aliphatic heterocycles. The monoisotopic (exact) mass is 474 g/mol. The molecule has 0 bridgehead atoms. The zero-order chi connectivity index (χ0) is 21.3. The van der Waals surface area contributed by atoms with E-state index in [4.69, 9.17) is 21.7 Å². The van der Waals surface area contributed by atoms with Crippen molar-refractivity contribution in [2.75, 3.05) is 19.1 Å². The molecule has 8 heteroatoms. The van der Waals surface area contributed by atoms with Crippen LogP contribution in [-0.2, 0) is 9.59 Å². The first-order valence-electron chi connectivity index (χ1n) is 8.66. The van der Waals surface area contributed by atoms with Crippen LogP contribution in [-0.4, -0.2) is 31.1 Å². The minimum Gasteiger partial charge on any atom is -0.493 e. The predicted molar refractivity (Wildman–Crippen MR) is 119 cm³/mol. The Labute approximate surface area is 182 Å². The number of hydrogen-bond acceptors (Lipinski definition) is 5. The Bertz CT molecular complexity index is 1040. The van der Waals surface area contributed by atoms with E-state index in [9.17, 15) is 9.59 Å². The summed E-state index contributed by atoms with van der Waals surface area (Å²) in [5, 5.41) is 2.65. The van der Waals surface area contributed by atoms with Crippen molar-refractivity contribution < 1.29 is 19.1 Å². The molecule has 0 saturated carbocycles. The Balaban J connectivity index is 2.07. The largest absolute Gasteiger partial charge is 0.493 e. The maximum Gasteiger partial charge on any atom is 0.270 e. The molecular weight excluding hydrogens is 456 g/mol. The molecular formula is C21H19BrN2O4S. The van der Waals surface area contributed by atoms with E-state index in [0.717, 1.165) is 11.1 Å². The molecule has 2 aromatic rings. The van der Waals surface area contributed by atoms with Crippen molar-refractivity contribution in [1.29, 1.82) is 0 Å². The number of carbonyl (C=O) groups excluding carboxylic acids is 2. The van der Waals surface area contributed by atoms with Crippen molar-refractivity contribution in [3.8, 4) is 11.5 Å². The zero-order valence-electron chi connectivity index (χ0n) is 16.3. The van der Waals surface area contributed by atoms with Crippen LogP contribution in [0.3, 0.4) is 0 Å². The van der Waals surface area contributed by atoms with Gasteiger partial charge in [0.1, 0.15) is 5.57 Å². The van der Waals surface area contributed by atoms with Crippen LogP contribution in [0.5, 0.6) is 11.5 Å². The number of anilines is 1. The number of thiocarbonyl (C=S) groups is 1. The van der Waals surface area contributed by atoms with Crippen molar-refractivity contribution >= 4 is 56.8 Å². The highest BCUT2D eigenvalue weighted by molar-refractivity contribution is 9.10. The quantitative estimate of drug-likeness (QED) is 0.413. The van der Waals surface area contributed by atoms with E-state index >= 15 is 0 Å². The van der Waals surface area contributed by atoms with Gasteiger partial charge in [-0.05, 0) is 89.0 Å². The highest BCUT2D eigenvalue weighted by Crippen LogP contribution is 2.37. The molecule has 0 aromatic heterocycles. The van der Waals surface area contributed by atoms with Gasteiger partial charge >= 0.3 is 0 Å². The molecule has 1 fully saturated rings. The molecule has 150 valence electrons. The lowest BCUT2D eigenvalue weighted by Crippen LogP contribution is -2.54. The molecule has 0 unspecified atom stereocenters. The smallest absolute Gasteiger partial charge is 0.270 e. The summed E-state index contributed by atoms with van der Waals surface area (Å²) in [4.78, 5) is 27.0. The number of halogens is 1. The Morgan fingerprint density at radius 3 is 2.28 bits per heavy atom. The van der Waals surface area contributed by atoms with Gasteiger partial charge < -0.3 is 9.47 Å². The fraction of sp³-hybridized carbons (Fsp3) is 0.190. The van der Waals surface area contributed by atoms with E-state index in [1.807, 2.05) is 32.0 Å². The second-order valence-electron chi connectivity index (χ2n) is 6.54. The SMILES string of the molecule is COc1cc(/C=C2/C(=O)NC(=S)N(c3cc(C)cc(C)c3)C2=O)cc(Br)c1OC. The average Bonchev–Trinajstić information content (AvgIpc) is 2.63. The molecule has 0 atom stereocenters. The van der Waals surface area contributed by atoms with Gasteiger partial charge in [-0.2, -0.15) is 0 Å². The molecule has 0 aliphatic carbocycles. The van der Waals surface area contributed by atoms with Crippen LogP contribution in [0.15, 0.2) is 40.4 Å². The van der Waals surface area contributed by atoms with E-state index in [0.29, 0.717) is 27.2 Å². The first-order chi connectivity index (χ1) is 13.7. The third kappa shape index (κ3) is 4.18. The molecule has 2 aromatic carbocycles. The average molecular weight is 475 g/mol. The van der Waals surface area contributed by atoms with Crippen LogP contribution < -0.4 is 19.7 Å². The van der Waals surface area contributed by atoms with Crippen LogP contribution in [0.1, 0.15) is 16.7 Å². The zero-order valence-corrected chi connectivity index (χ0v) is 18.7. The van der Waals surface area contributed by atoms with Crippen molar-refractivity contribution in [2.24, 2.45) is 0 Å². The molecule has 0 radical (unpaired) electrons. The fourth-order valence-corrected chi connectivity index (χ4v) is 4.06. The third-order valence-electron chi connectivity index (χ3n) is 4.33. The fourth-order valence-electron chi connectivity index (χ4n) is 3.16. The van der Waals surface area contributed by atoms with Gasteiger partial charge in [0.05, 0.1) is 24.4 Å². The standard InChI is InChI=1S/C21H19BrN2O4S/c1-11-5-12(2)7-14(6-11)24-20(26)15(19(25)23-21(24)29)8-13-9-16(22)18(28-4)17(10-13)27-3/h5-10H,1-4H3,(H,23,25,29)/b15-8-. The summed E-state index contributed by atoms with van der Waals surface area (Å²) in [6.45, 7) is 3.87. The Hall–Kier alpha value is -2.71. The number of ether oxygens (including phenoxy) is 2. The summed E-state index contributed by atoms with van der Waals surface area (Å²) in [7, 11) is 3.04. The summed E-state index contributed by atoms with van der Waals surface area (Å²) in [5.74, 6) is -0.0487. The maximum atomic E-state index is 13.2. The Morgan fingerprint density at radius 1 is 1.03 bits per heavy atom. The summed E-state index contributed by atoms with van der Waals surface area (Å²) in [6.07, 6.45) is 1.50. The molecule has 3 rings (SSSR count). The van der Waals surface area contributed by atoms with Crippen LogP contribution in [0, 0.1) is 13.8 Å². The lowest BCUT2D eigenvalue weighted by molar-refractivity contribution is -0.122. The van der Waals surface area contributed by atoms with Gasteiger partial charge in [0.2, 0.25) is 0 Å². The number of hydrogen-bond donors (Lipinski definition) is 1. The Kier molecular flexibility index (Phi) is 6.04. The van der Waals surface area contributed by atoms with Crippen LogP contribution in [0.25, 0.3) is 6.08 Å². The van der Waals surface area contributed by atoms with Crippen LogP contribution in [0.2, 0.25) is 0 Å². The normalized spacial score (nSPS) is 15.6. The lowest BCUT2D eigenvalue weighted by atomic mass is 10.1. The van der Waals surface area contributed by atoms with E-state index in [-0.39, 0.29) is 10.7 Å². The third-order valence-corrected chi connectivity index (χ3v) is 5.21. The number of nitrogens with zero attached hydrogens (tertiary/aromatic N) is 1. The number of rotatable bonds is 4. The van der Waals surface area contributed by atoms with Crippen LogP contribution >= 0.6 is 28.1 Å². The van der Waals surface area contributed by atoms with Gasteiger partial charge in [0, 0.05) is 0 Å². The van der Waals surface area contributed by atoms with Gasteiger partial charge in [-0.15, -0.1) is 0 Å². The number of carbonyl (C=O) groups is 2. The number of aryl methyl sites for hydroxylation is 2. The molecule has 1 heterocycles. The van der Waals surface area contributed by atoms with Gasteiger partial charge in [0.15, 0.2) is 16.6 Å². The van der Waals surface area contributed by atoms with Crippen molar-refractivity contribution in [2.45, 2.75) is 13.8 Å². The maximum absolute atomic E-state index is 13.2. The van der Waals surface area contributed by atoms with Crippen molar-refractivity contribution in [3.63, 3.8) is 0 Å². The molecule has 1 N–H and O–H groups in total. The highest BCUT2D eigenvalue weighted by Gasteiger charge is 2.34. The highest BCUT2D eigenvalue weighted by atomic mass is 79.9. The number of methoxy groups -OCH3 is 2. The lowest BCUT2D eigenvalue weighted by Gasteiger charge is -2.29. The molecule has 1 aliphatic rings. The minimum absolute atomic E-state index is 0.0307. The van der Waals surface area contributed by atoms with Gasteiger partial charge in [0.25, 0.3) is 11.8 Å². The molecule has 6 nitrogen and oxygen atoms in total. The summed E-state index contributed by atoms with van der Waals surface area (Å²) < 4.78 is 11.3. The van der Waals surface area contributed by atoms with Crippen LogP contribution in [0.4, 0.5) is 5.69 Å². The second-order valence-corrected chi connectivity index (χ2v) is 7.78. The number of nitrogens with one attached hydrogen (secondary N) is 1. The van der Waals surface area contributed by atoms with E-state index in [2.05, 4.69) is 21.2 Å². The van der Waals surface area contributed by atoms with Gasteiger partial charge in [-0.3, -0.25) is 19.8 Å². The summed E-state index contributed by atoms with van der Waals surface area (Å²) in [5.41, 5.74) is 3.15. The van der Waals surface area contributed by atoms with Gasteiger partial charge in [-0.1, -0.05) is 6.07 Å². The first kappa shape index (κ1) is 21.0. The summed E-state index contributed by atoms with van der Waals surface area (Å²) in [6, 6.07) is 9.12. The van der Waals surface area contributed by atoms with Crippen molar-refractivity contribution in [3.05, 3.63) is 57.1 Å². The van der Waals surface area contributed by atoms with E-state index < -0.39 is 11.8 Å². The predicted octanol–water partition coefficient (Wildman–Crippen LogP) is 3.91. The minimum atomic E-state index is -0.550. The van der Waals surface area contributed by atoms with Crippen molar-refractivity contribution in [1.82, 2.24) is 5.32 Å². The molecule has 0 spiro atoms. The second kappa shape index (κ2) is 8.34. The van der Waals surface area contributed by atoms with E-state index in [1.54, 1.807) is 12.1 Å². The van der Waals surface area contributed by atoms with E-state index in [1.165, 1.54) is 25.2 Å².